The largest absolute Gasteiger partial charge is 0.508 e. The van der Waals surface area contributed by atoms with E-state index in [-0.39, 0.29) is 85.5 Å². The Morgan fingerprint density at radius 1 is 0.890 bits per heavy atom. The summed E-state index contributed by atoms with van der Waals surface area (Å²) in [7, 11) is 2.65. The third-order valence-electron chi connectivity index (χ3n) is 27.6. The van der Waals surface area contributed by atoms with Gasteiger partial charge in [0.2, 0.25) is 5.91 Å². The van der Waals surface area contributed by atoms with Gasteiger partial charge in [-0.15, -0.1) is 0 Å². The lowest BCUT2D eigenvalue weighted by molar-refractivity contribution is -0.284. The lowest BCUT2D eigenvalue weighted by Crippen LogP contribution is -2.78. The van der Waals surface area contributed by atoms with E-state index in [1.165, 1.54) is 21.6 Å². The number of benzene rings is 1. The van der Waals surface area contributed by atoms with Gasteiger partial charge in [-0.05, 0) is 172 Å². The van der Waals surface area contributed by atoms with Crippen LogP contribution in [0.2, 0.25) is 0 Å². The first kappa shape index (κ1) is 55.5. The molecule has 6 saturated carbocycles. The zero-order valence-corrected chi connectivity index (χ0v) is 49.9. The van der Waals surface area contributed by atoms with E-state index < -0.39 is 96.2 Å². The number of nitrogens with zero attached hydrogens (tertiary/aromatic N) is 3. The number of aryl methyl sites for hydroxylation is 2. The average molecular weight is 1160 g/mol. The maximum Gasteiger partial charge on any atom is 0.234 e. The van der Waals surface area contributed by atoms with Crippen molar-refractivity contribution in [3.05, 3.63) is 77.9 Å². The number of imidazole rings is 1. The number of fused-ring (bicyclic) bond motifs is 3. The van der Waals surface area contributed by atoms with Gasteiger partial charge < -0.3 is 55.1 Å². The number of ketones is 1. The molecular weight excluding hydrogens is 1070 g/mol. The quantitative estimate of drug-likeness (QED) is 0.0825. The van der Waals surface area contributed by atoms with Gasteiger partial charge >= 0.3 is 0 Å². The Bertz CT molecular complexity index is 3100. The lowest BCUT2D eigenvalue weighted by Gasteiger charge is -2.76. The molecule has 13 bridgehead atoms. The minimum Gasteiger partial charge on any atom is -0.508 e. The first-order chi connectivity index (χ1) is 39.2. The predicted molar refractivity (Wildman–Crippen MR) is 312 cm³/mol. The molecule has 2 aromatic rings. The Kier molecular flexibility index (Phi) is 12.4. The number of aromatic hydroxyl groups is 1. The van der Waals surface area contributed by atoms with Gasteiger partial charge in [0, 0.05) is 83.1 Å². The molecule has 0 unspecified atom stereocenters. The maximum absolute atomic E-state index is 16.7. The number of allylic oxidation sites excluding steroid dienone is 3. The van der Waals surface area contributed by atoms with Crippen molar-refractivity contribution in [2.45, 2.75) is 197 Å². The van der Waals surface area contributed by atoms with E-state index in [1.54, 1.807) is 23.1 Å². The predicted octanol–water partition coefficient (Wildman–Crippen LogP) is 8.01. The molecule has 9 aliphatic carbocycles. The SMILES string of the molecule is CC(C)[C@@H](C)[C@@H]1O[C@H]1[C@@]1(O)CC=C[C@@]23C[C@H]4C5=CC(=O)[C@@]67C[C@@H](O)[C@@H](O)[C@]8(CC[C@@H](Cn9ccnc9CC[C@H]2C=C[C@@]12CC[C@]5(O)[C@@]23CCc1cc(O)cc(c1)N1C[C@]2(CCC[C@H]2O)[C@@]2(C1=O)[C@H](CO)CCC[C@@H]2CSS[C@@H]6O)C8)[C@]47C. The van der Waals surface area contributed by atoms with Crippen molar-refractivity contribution >= 4 is 39.0 Å². The van der Waals surface area contributed by atoms with Crippen molar-refractivity contribution in [2.24, 2.45) is 84.7 Å². The highest BCUT2D eigenvalue weighted by atomic mass is 33.1. The van der Waals surface area contributed by atoms with Crippen molar-refractivity contribution in [1.29, 1.82) is 0 Å². The second-order valence-corrected chi connectivity index (χ2v) is 32.2. The van der Waals surface area contributed by atoms with E-state index in [2.05, 4.69) is 62.8 Å². The van der Waals surface area contributed by atoms with Gasteiger partial charge in [-0.3, -0.25) is 9.59 Å². The van der Waals surface area contributed by atoms with Gasteiger partial charge in [0.25, 0.3) is 0 Å². The molecule has 444 valence electrons. The number of aromatic nitrogens is 2. The highest BCUT2D eigenvalue weighted by Crippen LogP contribution is 2.87. The van der Waals surface area contributed by atoms with Crippen LogP contribution in [0.3, 0.4) is 0 Å². The molecule has 2 saturated heterocycles. The molecule has 17 rings (SSSR count). The first-order valence-electron chi connectivity index (χ1n) is 31.7. The molecule has 8 fully saturated rings. The number of carbonyl (C=O) groups excluding carboxylic acids is 2. The average Bonchev–Trinajstić information content (AvgIpc) is 1.28. The lowest BCUT2D eigenvalue weighted by atomic mass is 9.28. The molecule has 15 aliphatic rings. The summed E-state index contributed by atoms with van der Waals surface area (Å²) in [6.07, 6.45) is 19.2. The minimum atomic E-state index is -1.76. The van der Waals surface area contributed by atoms with E-state index in [0.29, 0.717) is 113 Å². The van der Waals surface area contributed by atoms with Crippen LogP contribution in [0, 0.1) is 84.7 Å². The Morgan fingerprint density at radius 2 is 1.72 bits per heavy atom. The number of phenolic OH excluding ortho intramolecular Hbond substituents is 1. The van der Waals surface area contributed by atoms with Gasteiger partial charge in [0.05, 0.1) is 40.8 Å². The number of epoxide rings is 1. The van der Waals surface area contributed by atoms with Crippen LogP contribution in [0.1, 0.15) is 142 Å². The fraction of sp³-hybridized carbons (Fsp3) is 0.742. The summed E-state index contributed by atoms with van der Waals surface area (Å²) in [6.45, 7) is 9.35. The number of rotatable bonds is 4. The molecule has 0 radical (unpaired) electrons. The first-order valence-corrected chi connectivity index (χ1v) is 34.0. The fourth-order valence-corrected chi connectivity index (χ4v) is 26.9. The normalized spacial score (nSPS) is 51.0. The molecular formula is C66H87N3O11S2. The number of amides is 1. The summed E-state index contributed by atoms with van der Waals surface area (Å²) < 4.78 is 9.10. The molecule has 6 spiro atoms. The number of aliphatic hydroxyl groups is 7. The monoisotopic (exact) mass is 1160 g/mol. The summed E-state index contributed by atoms with van der Waals surface area (Å²) >= 11 is 0. The molecule has 1 aromatic heterocycles. The third-order valence-corrected chi connectivity index (χ3v) is 30.2. The molecule has 7 heterocycles. The number of phenols is 1. The van der Waals surface area contributed by atoms with Crippen molar-refractivity contribution in [2.75, 3.05) is 23.8 Å². The van der Waals surface area contributed by atoms with Crippen LogP contribution in [0.15, 0.2) is 66.5 Å². The number of hydrogen-bond donors (Lipinski definition) is 8. The number of aliphatic hydroxyl groups excluding tert-OH is 5. The molecule has 1 aromatic carbocycles. The molecule has 6 aliphatic heterocycles. The van der Waals surface area contributed by atoms with Crippen molar-refractivity contribution < 1.29 is 55.2 Å². The molecule has 22 atom stereocenters. The van der Waals surface area contributed by atoms with E-state index >= 15 is 14.7 Å². The number of hydrogen-bond acceptors (Lipinski definition) is 14. The molecule has 8 N–H and O–H groups in total. The van der Waals surface area contributed by atoms with Crippen LogP contribution in [0.4, 0.5) is 5.69 Å². The van der Waals surface area contributed by atoms with E-state index in [0.717, 1.165) is 17.8 Å². The Labute approximate surface area is 490 Å². The fourth-order valence-electron chi connectivity index (χ4n) is 23.9. The molecule has 1 amide bonds. The summed E-state index contributed by atoms with van der Waals surface area (Å²) in [6, 6.07) is 5.44. The van der Waals surface area contributed by atoms with E-state index in [4.69, 9.17) is 9.72 Å². The highest BCUT2D eigenvalue weighted by Gasteiger charge is 2.88. The van der Waals surface area contributed by atoms with Gasteiger partial charge in [0.1, 0.15) is 28.7 Å². The number of ether oxygens (including phenoxy) is 1. The van der Waals surface area contributed by atoms with Crippen LogP contribution >= 0.6 is 21.6 Å². The molecule has 82 heavy (non-hydrogen) atoms. The zero-order chi connectivity index (χ0) is 57.2. The Balaban J connectivity index is 1.02. The van der Waals surface area contributed by atoms with Crippen molar-refractivity contribution in [1.82, 2.24) is 9.55 Å². The van der Waals surface area contributed by atoms with Crippen LogP contribution in [0.5, 0.6) is 5.75 Å². The Morgan fingerprint density at radius 3 is 2.50 bits per heavy atom. The van der Waals surface area contributed by atoms with Crippen molar-refractivity contribution in [3.63, 3.8) is 0 Å². The molecule has 16 heteroatoms. The number of anilines is 1. The smallest absolute Gasteiger partial charge is 0.234 e. The summed E-state index contributed by atoms with van der Waals surface area (Å²) in [5.41, 5.74) is -12.2. The standard InChI is InChI=1S/C66H87N3O11S2/c1-37(2)38(3)52-54(80-52)64(79)18-7-17-58-31-47-46-29-50(74)62-32-48(72)53(75)59(57(47,62)4)19-13-40(30-59)33-68-25-24-67-51(68)12-11-41(58)15-20-61(64)22-23-63(46,78)65(58,61)21-14-39-26-44(28-45(71)27-39)69-36-60(16-6-10-49(60)73)66(55(69)76)42(34-70)8-5-9-43(66)35-81-82-56(62)77/h7,15,17,20,24-29,37-38,40-43,47-49,52-54,56,70-73,75,77-79H,5-6,8-14,16,18-19,21-23,30-36H2,1-4H3/t38-,40-,41+,42+,43-,47+,48-,49-,52+,53-,54-,56+,57+,58-,59-,60+,61-,62+,63-,64+,65-,66+/m1/s1. The second kappa shape index (κ2) is 18.3. The zero-order valence-electron chi connectivity index (χ0n) is 48.3. The number of carbonyl (C=O) groups is 2. The van der Waals surface area contributed by atoms with Crippen LogP contribution in [0.25, 0.3) is 0 Å². The van der Waals surface area contributed by atoms with Crippen LogP contribution in [-0.2, 0) is 33.7 Å². The third kappa shape index (κ3) is 6.33. The van der Waals surface area contributed by atoms with Gasteiger partial charge in [-0.1, -0.05) is 86.4 Å². The van der Waals surface area contributed by atoms with Gasteiger partial charge in [0.15, 0.2) is 5.78 Å². The second-order valence-electron chi connectivity index (χ2n) is 29.7. The topological polar surface area (TPSA) is 230 Å². The van der Waals surface area contributed by atoms with E-state index in [9.17, 15) is 35.7 Å². The van der Waals surface area contributed by atoms with Crippen molar-refractivity contribution in [3.8, 4) is 5.75 Å². The van der Waals surface area contributed by atoms with E-state index in [1.807, 2.05) is 12.3 Å². The summed E-state index contributed by atoms with van der Waals surface area (Å²) in [4.78, 5) is 39.8. The highest BCUT2D eigenvalue weighted by molar-refractivity contribution is 8.76. The van der Waals surface area contributed by atoms with Gasteiger partial charge in [-0.25, -0.2) is 4.98 Å². The maximum atomic E-state index is 16.7. The summed E-state index contributed by atoms with van der Waals surface area (Å²) in [5, 5.41) is 106. The van der Waals surface area contributed by atoms with Gasteiger partial charge in [-0.2, -0.15) is 0 Å². The van der Waals surface area contributed by atoms with Crippen LogP contribution < -0.4 is 4.90 Å². The minimum absolute atomic E-state index is 0.0139. The molecule has 14 nitrogen and oxygen atoms in total. The Hall–Kier alpha value is -3.03. The van der Waals surface area contributed by atoms with Crippen LogP contribution in [-0.4, -0.2) is 128 Å². The summed E-state index contributed by atoms with van der Waals surface area (Å²) in [5.74, 6) is -0.372.